The molecular formula is C25H21FN2O2S. The van der Waals surface area contributed by atoms with Crippen LogP contribution in [0.1, 0.15) is 27.0 Å². The van der Waals surface area contributed by atoms with Gasteiger partial charge >= 0.3 is 0 Å². The molecule has 4 nitrogen and oxygen atoms in total. The summed E-state index contributed by atoms with van der Waals surface area (Å²) in [4.78, 5) is 29.6. The zero-order chi connectivity index (χ0) is 21.6. The van der Waals surface area contributed by atoms with Gasteiger partial charge in [0.25, 0.3) is 11.8 Å². The molecule has 2 aliphatic rings. The second kappa shape index (κ2) is 7.54. The summed E-state index contributed by atoms with van der Waals surface area (Å²) in [7, 11) is 0. The van der Waals surface area contributed by atoms with E-state index in [-0.39, 0.29) is 17.4 Å². The number of thioether (sulfide) groups is 1. The lowest BCUT2D eigenvalue weighted by Crippen LogP contribution is -2.50. The van der Waals surface area contributed by atoms with E-state index in [1.165, 1.54) is 30.0 Å². The second-order valence-electron chi connectivity index (χ2n) is 7.79. The number of benzene rings is 3. The lowest BCUT2D eigenvalue weighted by atomic mass is 10.0. The van der Waals surface area contributed by atoms with Gasteiger partial charge in [-0.15, -0.1) is 11.8 Å². The normalized spacial score (nSPS) is 19.9. The molecule has 0 aromatic heterocycles. The standard InChI is InChI=1S/C25H21FN2O2S/c1-17-7-2-3-8-19(17)16-27-22-12-5-4-11-21(22)25(24(27)30)28(13-14-31-25)23(29)18-9-6-10-20(26)15-18/h2-12,15H,13-14,16H2,1H3/t25-/m0/s1. The number of hydrogen-bond acceptors (Lipinski definition) is 3. The maximum atomic E-state index is 14.0. The number of carbonyl (C=O) groups is 2. The van der Waals surface area contributed by atoms with Crippen molar-refractivity contribution >= 4 is 29.3 Å². The van der Waals surface area contributed by atoms with E-state index in [4.69, 9.17) is 0 Å². The van der Waals surface area contributed by atoms with Gasteiger partial charge in [0.05, 0.1) is 12.2 Å². The SMILES string of the molecule is Cc1ccccc1CN1C(=O)[C@@]2(SCCN2C(=O)c2cccc(F)c2)c2ccccc21. The smallest absolute Gasteiger partial charge is 0.268 e. The number of carbonyl (C=O) groups excluding carboxylic acids is 2. The molecule has 5 rings (SSSR count). The van der Waals surface area contributed by atoms with E-state index in [1.54, 1.807) is 15.9 Å². The molecule has 3 aromatic rings. The van der Waals surface area contributed by atoms with Crippen molar-refractivity contribution in [1.29, 1.82) is 0 Å². The molecule has 0 N–H and O–H groups in total. The average molecular weight is 433 g/mol. The molecule has 0 bridgehead atoms. The van der Waals surface area contributed by atoms with Crippen molar-refractivity contribution in [2.24, 2.45) is 0 Å². The monoisotopic (exact) mass is 432 g/mol. The fourth-order valence-electron chi connectivity index (χ4n) is 4.46. The number of amides is 2. The van der Waals surface area contributed by atoms with Gasteiger partial charge in [-0.2, -0.15) is 0 Å². The first-order chi connectivity index (χ1) is 15.0. The summed E-state index contributed by atoms with van der Waals surface area (Å²) >= 11 is 1.48. The summed E-state index contributed by atoms with van der Waals surface area (Å²) < 4.78 is 13.8. The zero-order valence-corrected chi connectivity index (χ0v) is 17.9. The fraction of sp³-hybridized carbons (Fsp3) is 0.200. The molecule has 0 aliphatic carbocycles. The Morgan fingerprint density at radius 1 is 1.06 bits per heavy atom. The third kappa shape index (κ3) is 3.05. The molecule has 31 heavy (non-hydrogen) atoms. The third-order valence-corrected chi connectivity index (χ3v) is 7.43. The highest BCUT2D eigenvalue weighted by Crippen LogP contribution is 2.54. The predicted molar refractivity (Wildman–Crippen MR) is 120 cm³/mol. The van der Waals surface area contributed by atoms with Crippen molar-refractivity contribution in [1.82, 2.24) is 4.90 Å². The van der Waals surface area contributed by atoms with E-state index in [0.29, 0.717) is 18.8 Å². The molecule has 6 heteroatoms. The third-order valence-electron chi connectivity index (χ3n) is 6.01. The molecule has 0 radical (unpaired) electrons. The van der Waals surface area contributed by atoms with E-state index >= 15 is 0 Å². The van der Waals surface area contributed by atoms with Crippen molar-refractivity contribution in [2.45, 2.75) is 18.3 Å². The maximum Gasteiger partial charge on any atom is 0.268 e. The van der Waals surface area contributed by atoms with E-state index in [1.807, 2.05) is 55.5 Å². The summed E-state index contributed by atoms with van der Waals surface area (Å²) in [6.45, 7) is 2.90. The Kier molecular flexibility index (Phi) is 4.82. The molecule has 3 aromatic carbocycles. The highest BCUT2D eigenvalue weighted by Gasteiger charge is 2.59. The lowest BCUT2D eigenvalue weighted by Gasteiger charge is -2.33. The first kappa shape index (κ1) is 19.8. The van der Waals surface area contributed by atoms with Gasteiger partial charge in [0, 0.05) is 23.4 Å². The number of aryl methyl sites for hydroxylation is 1. The number of anilines is 1. The first-order valence-electron chi connectivity index (χ1n) is 10.2. The van der Waals surface area contributed by atoms with Crippen LogP contribution in [0, 0.1) is 12.7 Å². The Morgan fingerprint density at radius 2 is 1.84 bits per heavy atom. The summed E-state index contributed by atoms with van der Waals surface area (Å²) in [5.74, 6) is -0.278. The Balaban J connectivity index is 1.59. The highest BCUT2D eigenvalue weighted by atomic mass is 32.2. The lowest BCUT2D eigenvalue weighted by molar-refractivity contribution is -0.123. The molecular weight excluding hydrogens is 411 g/mol. The van der Waals surface area contributed by atoms with Crippen LogP contribution >= 0.6 is 11.8 Å². The van der Waals surface area contributed by atoms with Crippen molar-refractivity contribution < 1.29 is 14.0 Å². The second-order valence-corrected chi connectivity index (χ2v) is 9.08. The van der Waals surface area contributed by atoms with Crippen LogP contribution < -0.4 is 4.90 Å². The van der Waals surface area contributed by atoms with Crippen LogP contribution in [0.25, 0.3) is 0 Å². The quantitative estimate of drug-likeness (QED) is 0.601. The molecule has 0 unspecified atom stereocenters. The minimum Gasteiger partial charge on any atom is -0.311 e. The molecule has 1 atom stereocenters. The van der Waals surface area contributed by atoms with Crippen LogP contribution in [0.5, 0.6) is 0 Å². The van der Waals surface area contributed by atoms with Crippen LogP contribution in [0.15, 0.2) is 72.8 Å². The number of halogens is 1. The highest BCUT2D eigenvalue weighted by molar-refractivity contribution is 8.01. The Hall–Kier alpha value is -3.12. The number of hydrogen-bond donors (Lipinski definition) is 0. The van der Waals surface area contributed by atoms with Gasteiger partial charge in [-0.05, 0) is 42.3 Å². The molecule has 156 valence electrons. The van der Waals surface area contributed by atoms with Crippen LogP contribution in [0.2, 0.25) is 0 Å². The summed E-state index contributed by atoms with van der Waals surface area (Å²) in [6.07, 6.45) is 0. The molecule has 1 fully saturated rings. The van der Waals surface area contributed by atoms with Gasteiger partial charge in [-0.1, -0.05) is 48.5 Å². The molecule has 1 spiro atoms. The van der Waals surface area contributed by atoms with Crippen LogP contribution in [-0.2, 0) is 16.2 Å². The molecule has 2 amide bonds. The summed E-state index contributed by atoms with van der Waals surface area (Å²) in [6, 6.07) is 21.3. The summed E-state index contributed by atoms with van der Waals surface area (Å²) in [5, 5.41) is 0. The van der Waals surface area contributed by atoms with Crippen LogP contribution in [0.3, 0.4) is 0 Å². The topological polar surface area (TPSA) is 40.6 Å². The number of fused-ring (bicyclic) bond motifs is 2. The Labute approximate surface area is 184 Å². The van der Waals surface area contributed by atoms with Crippen molar-refractivity contribution in [2.75, 3.05) is 17.2 Å². The fourth-order valence-corrected chi connectivity index (χ4v) is 5.92. The minimum absolute atomic E-state index is 0.121. The van der Waals surface area contributed by atoms with Crippen molar-refractivity contribution in [3.05, 3.63) is 101 Å². The van der Waals surface area contributed by atoms with E-state index < -0.39 is 10.7 Å². The Morgan fingerprint density at radius 3 is 2.65 bits per heavy atom. The van der Waals surface area contributed by atoms with Gasteiger partial charge in [0.1, 0.15) is 5.82 Å². The molecule has 2 heterocycles. The zero-order valence-electron chi connectivity index (χ0n) is 17.0. The van der Waals surface area contributed by atoms with Gasteiger partial charge in [0.15, 0.2) is 4.87 Å². The predicted octanol–water partition coefficient (Wildman–Crippen LogP) is 4.72. The van der Waals surface area contributed by atoms with Gasteiger partial charge in [-0.25, -0.2) is 4.39 Å². The van der Waals surface area contributed by atoms with Crippen LogP contribution in [0.4, 0.5) is 10.1 Å². The average Bonchev–Trinajstić information content (AvgIpc) is 3.32. The van der Waals surface area contributed by atoms with Crippen LogP contribution in [-0.4, -0.2) is 29.0 Å². The number of rotatable bonds is 3. The largest absolute Gasteiger partial charge is 0.311 e. The first-order valence-corrected chi connectivity index (χ1v) is 11.2. The van der Waals surface area contributed by atoms with Gasteiger partial charge in [-0.3, -0.25) is 9.59 Å². The van der Waals surface area contributed by atoms with E-state index in [2.05, 4.69) is 0 Å². The van der Waals surface area contributed by atoms with E-state index in [0.717, 1.165) is 22.4 Å². The molecule has 2 aliphatic heterocycles. The van der Waals surface area contributed by atoms with Crippen molar-refractivity contribution in [3.8, 4) is 0 Å². The van der Waals surface area contributed by atoms with Gasteiger partial charge in [0.2, 0.25) is 0 Å². The van der Waals surface area contributed by atoms with Crippen molar-refractivity contribution in [3.63, 3.8) is 0 Å². The number of nitrogens with zero attached hydrogens (tertiary/aromatic N) is 2. The van der Waals surface area contributed by atoms with E-state index in [9.17, 15) is 14.0 Å². The number of para-hydroxylation sites is 1. The summed E-state index contributed by atoms with van der Waals surface area (Å²) in [5.41, 5.74) is 4.07. The molecule has 1 saturated heterocycles. The maximum absolute atomic E-state index is 14.0. The molecule has 0 saturated carbocycles. The minimum atomic E-state index is -1.12. The van der Waals surface area contributed by atoms with Gasteiger partial charge < -0.3 is 9.80 Å². The Bertz CT molecular complexity index is 1200.